The summed E-state index contributed by atoms with van der Waals surface area (Å²) in [5.74, 6) is 0.855. The topological polar surface area (TPSA) is 44.1 Å². The van der Waals surface area contributed by atoms with Crippen molar-refractivity contribution in [2.45, 2.75) is 13.5 Å². The number of nitrogens with zero attached hydrogens (tertiary/aromatic N) is 2. The molecule has 1 aromatic carbocycles. The first-order chi connectivity index (χ1) is 8.63. The number of hydrogen-bond acceptors (Lipinski definition) is 3. The van der Waals surface area contributed by atoms with Gasteiger partial charge in [-0.15, -0.1) is 0 Å². The maximum absolute atomic E-state index is 12.1. The molecular formula is C13H13ClN2O2. The van der Waals surface area contributed by atoms with Crippen molar-refractivity contribution in [3.8, 4) is 5.75 Å². The Morgan fingerprint density at radius 3 is 2.78 bits per heavy atom. The predicted octanol–water partition coefficient (Wildman–Crippen LogP) is 2.26. The molecule has 1 aromatic heterocycles. The summed E-state index contributed by atoms with van der Waals surface area (Å²) in [4.78, 5) is 16.2. The largest absolute Gasteiger partial charge is 0.490 e. The second kappa shape index (κ2) is 5.23. The lowest BCUT2D eigenvalue weighted by Gasteiger charge is -2.11. The average Bonchev–Trinajstić information content (AvgIpc) is 2.37. The number of rotatable bonds is 3. The Morgan fingerprint density at radius 1 is 1.39 bits per heavy atom. The number of aromatic nitrogens is 2. The Hall–Kier alpha value is -1.81. The normalized spacial score (nSPS) is 10.4. The number of methoxy groups -OCH3 is 1. The van der Waals surface area contributed by atoms with Crippen LogP contribution >= 0.6 is 11.6 Å². The smallest absolute Gasteiger partial charge is 0.296 e. The van der Waals surface area contributed by atoms with Gasteiger partial charge in [0.25, 0.3) is 5.56 Å². The van der Waals surface area contributed by atoms with E-state index in [1.54, 1.807) is 17.6 Å². The van der Waals surface area contributed by atoms with Crippen molar-refractivity contribution in [2.24, 2.45) is 0 Å². The molecule has 18 heavy (non-hydrogen) atoms. The standard InChI is InChI=1S/C13H13ClN2O2/c1-9-15-7-12(18-2)13(17)16(9)8-10-5-3-4-6-11(10)14/h3-7H,8H2,1-2H3. The molecule has 0 aliphatic rings. The first-order valence-corrected chi connectivity index (χ1v) is 5.85. The van der Waals surface area contributed by atoms with E-state index in [1.165, 1.54) is 13.3 Å². The highest BCUT2D eigenvalue weighted by atomic mass is 35.5. The maximum atomic E-state index is 12.1. The molecule has 1 heterocycles. The van der Waals surface area contributed by atoms with Gasteiger partial charge < -0.3 is 4.74 Å². The van der Waals surface area contributed by atoms with Gasteiger partial charge in [-0.2, -0.15) is 0 Å². The minimum absolute atomic E-state index is 0.204. The summed E-state index contributed by atoms with van der Waals surface area (Å²) in [7, 11) is 1.45. The van der Waals surface area contributed by atoms with Gasteiger partial charge in [0.1, 0.15) is 5.82 Å². The first kappa shape index (κ1) is 12.6. The monoisotopic (exact) mass is 264 g/mol. The van der Waals surface area contributed by atoms with E-state index in [1.807, 2.05) is 18.2 Å². The molecule has 0 radical (unpaired) electrons. The van der Waals surface area contributed by atoms with Gasteiger partial charge in [-0.05, 0) is 18.6 Å². The fourth-order valence-electron chi connectivity index (χ4n) is 1.68. The van der Waals surface area contributed by atoms with E-state index in [-0.39, 0.29) is 11.3 Å². The van der Waals surface area contributed by atoms with Crippen LogP contribution in [0.5, 0.6) is 5.75 Å². The second-order valence-corrected chi connectivity index (χ2v) is 4.26. The Bertz CT molecular complexity index is 623. The van der Waals surface area contributed by atoms with Crippen molar-refractivity contribution in [1.29, 1.82) is 0 Å². The van der Waals surface area contributed by atoms with Gasteiger partial charge in [-0.3, -0.25) is 9.36 Å². The fraction of sp³-hybridized carbons (Fsp3) is 0.231. The van der Waals surface area contributed by atoms with Crippen LogP contribution in [0.25, 0.3) is 0 Å². The van der Waals surface area contributed by atoms with E-state index in [0.717, 1.165) is 5.56 Å². The van der Waals surface area contributed by atoms with Crippen LogP contribution in [0.4, 0.5) is 0 Å². The van der Waals surface area contributed by atoms with Gasteiger partial charge in [-0.25, -0.2) is 4.98 Å². The summed E-state index contributed by atoms with van der Waals surface area (Å²) >= 11 is 6.09. The zero-order valence-corrected chi connectivity index (χ0v) is 10.9. The molecule has 0 aliphatic heterocycles. The average molecular weight is 265 g/mol. The lowest BCUT2D eigenvalue weighted by atomic mass is 10.2. The molecular weight excluding hydrogens is 252 g/mol. The molecule has 94 valence electrons. The van der Waals surface area contributed by atoms with Crippen LogP contribution in [-0.4, -0.2) is 16.7 Å². The summed E-state index contributed by atoms with van der Waals surface area (Å²) in [5, 5.41) is 0.631. The van der Waals surface area contributed by atoms with Gasteiger partial charge >= 0.3 is 0 Å². The van der Waals surface area contributed by atoms with Crippen LogP contribution in [0, 0.1) is 6.92 Å². The molecule has 0 spiro atoms. The molecule has 0 unspecified atom stereocenters. The first-order valence-electron chi connectivity index (χ1n) is 5.47. The van der Waals surface area contributed by atoms with Gasteiger partial charge in [0.2, 0.25) is 5.75 Å². The van der Waals surface area contributed by atoms with Crippen LogP contribution < -0.4 is 10.3 Å². The van der Waals surface area contributed by atoms with Crippen LogP contribution in [0.1, 0.15) is 11.4 Å². The van der Waals surface area contributed by atoms with E-state index >= 15 is 0 Å². The third-order valence-electron chi connectivity index (χ3n) is 2.72. The Kier molecular flexibility index (Phi) is 3.67. The van der Waals surface area contributed by atoms with Crippen LogP contribution in [0.15, 0.2) is 35.3 Å². The van der Waals surface area contributed by atoms with Crippen molar-refractivity contribution in [3.63, 3.8) is 0 Å². The molecule has 2 aromatic rings. The van der Waals surface area contributed by atoms with Crippen LogP contribution in [-0.2, 0) is 6.54 Å². The molecule has 4 nitrogen and oxygen atoms in total. The van der Waals surface area contributed by atoms with Crippen LogP contribution in [0.3, 0.4) is 0 Å². The third kappa shape index (κ3) is 2.38. The minimum Gasteiger partial charge on any atom is -0.490 e. The molecule has 5 heteroatoms. The SMILES string of the molecule is COc1cnc(C)n(Cc2ccccc2Cl)c1=O. The number of hydrogen-bond donors (Lipinski definition) is 0. The van der Waals surface area contributed by atoms with Crippen molar-refractivity contribution < 1.29 is 4.74 Å². The van der Waals surface area contributed by atoms with Crippen molar-refractivity contribution in [1.82, 2.24) is 9.55 Å². The molecule has 0 saturated heterocycles. The summed E-state index contributed by atoms with van der Waals surface area (Å²) in [6, 6.07) is 7.42. The molecule has 0 atom stereocenters. The molecule has 0 amide bonds. The van der Waals surface area contributed by atoms with Crippen molar-refractivity contribution in [2.75, 3.05) is 7.11 Å². The highest BCUT2D eigenvalue weighted by Gasteiger charge is 2.09. The zero-order chi connectivity index (χ0) is 13.1. The van der Waals surface area contributed by atoms with Gasteiger partial charge in [0.15, 0.2) is 0 Å². The van der Waals surface area contributed by atoms with Gasteiger partial charge in [0.05, 0.1) is 19.9 Å². The highest BCUT2D eigenvalue weighted by molar-refractivity contribution is 6.31. The maximum Gasteiger partial charge on any atom is 0.296 e. The molecule has 0 aliphatic carbocycles. The summed E-state index contributed by atoms with van der Waals surface area (Å²) in [6.45, 7) is 2.16. The predicted molar refractivity (Wildman–Crippen MR) is 70.3 cm³/mol. The van der Waals surface area contributed by atoms with Crippen molar-refractivity contribution in [3.05, 3.63) is 57.2 Å². The Balaban J connectivity index is 2.47. The van der Waals surface area contributed by atoms with E-state index < -0.39 is 0 Å². The summed E-state index contributed by atoms with van der Waals surface area (Å²) in [6.07, 6.45) is 1.43. The van der Waals surface area contributed by atoms with Crippen molar-refractivity contribution >= 4 is 11.6 Å². The van der Waals surface area contributed by atoms with E-state index in [4.69, 9.17) is 16.3 Å². The molecule has 0 bridgehead atoms. The quantitative estimate of drug-likeness (QED) is 0.854. The molecule has 0 fully saturated rings. The lowest BCUT2D eigenvalue weighted by molar-refractivity contribution is 0.399. The van der Waals surface area contributed by atoms with E-state index in [2.05, 4.69) is 4.98 Å². The number of aryl methyl sites for hydroxylation is 1. The number of ether oxygens (including phenoxy) is 1. The highest BCUT2D eigenvalue weighted by Crippen LogP contribution is 2.16. The van der Waals surface area contributed by atoms with E-state index in [0.29, 0.717) is 17.4 Å². The van der Waals surface area contributed by atoms with Crippen LogP contribution in [0.2, 0.25) is 5.02 Å². The van der Waals surface area contributed by atoms with E-state index in [9.17, 15) is 4.79 Å². The van der Waals surface area contributed by atoms with Gasteiger partial charge in [-0.1, -0.05) is 29.8 Å². The van der Waals surface area contributed by atoms with Gasteiger partial charge in [0, 0.05) is 5.02 Å². The summed E-state index contributed by atoms with van der Waals surface area (Å²) in [5.41, 5.74) is 0.671. The second-order valence-electron chi connectivity index (χ2n) is 3.86. The lowest BCUT2D eigenvalue weighted by Crippen LogP contribution is -2.25. The minimum atomic E-state index is -0.204. The number of halogens is 1. The molecule has 2 rings (SSSR count). The Labute approximate surface area is 110 Å². The third-order valence-corrected chi connectivity index (χ3v) is 3.09. The molecule has 0 N–H and O–H groups in total. The zero-order valence-electron chi connectivity index (χ0n) is 10.2. The Morgan fingerprint density at radius 2 is 2.11 bits per heavy atom. The fourth-order valence-corrected chi connectivity index (χ4v) is 1.88. The number of benzene rings is 1. The molecule has 0 saturated carbocycles. The summed E-state index contributed by atoms with van der Waals surface area (Å²) < 4.78 is 6.52.